The van der Waals surface area contributed by atoms with Crippen molar-refractivity contribution in [2.24, 2.45) is 0 Å². The van der Waals surface area contributed by atoms with E-state index in [-0.39, 0.29) is 29.9 Å². The van der Waals surface area contributed by atoms with Crippen LogP contribution in [0.4, 0.5) is 0 Å². The second-order valence-electron chi connectivity index (χ2n) is 8.40. The Morgan fingerprint density at radius 2 is 1.76 bits per heavy atom. The van der Waals surface area contributed by atoms with Gasteiger partial charge in [0.1, 0.15) is 6.10 Å². The van der Waals surface area contributed by atoms with E-state index in [0.29, 0.717) is 49.2 Å². The molecule has 168 valence electrons. The lowest BCUT2D eigenvalue weighted by Gasteiger charge is -2.32. The van der Waals surface area contributed by atoms with Gasteiger partial charge in [-0.2, -0.15) is 0 Å². The van der Waals surface area contributed by atoms with E-state index in [0.717, 1.165) is 11.1 Å². The minimum Gasteiger partial charge on any atom is -0.459 e. The van der Waals surface area contributed by atoms with Crippen LogP contribution in [0.15, 0.2) is 71.3 Å². The van der Waals surface area contributed by atoms with Gasteiger partial charge >= 0.3 is 5.97 Å². The lowest BCUT2D eigenvalue weighted by atomic mass is 9.93. The molecular formula is C26H24N2O5. The summed E-state index contributed by atoms with van der Waals surface area (Å²) in [7, 11) is 0. The van der Waals surface area contributed by atoms with E-state index < -0.39 is 0 Å². The van der Waals surface area contributed by atoms with Crippen LogP contribution in [0.25, 0.3) is 0 Å². The summed E-state index contributed by atoms with van der Waals surface area (Å²) in [5.74, 6) is -0.340. The molecule has 1 saturated heterocycles. The van der Waals surface area contributed by atoms with Crippen molar-refractivity contribution in [3.8, 4) is 0 Å². The van der Waals surface area contributed by atoms with Gasteiger partial charge in [-0.05, 0) is 54.3 Å². The number of fused-ring (bicyclic) bond motifs is 1. The minimum atomic E-state index is -0.370. The van der Waals surface area contributed by atoms with Gasteiger partial charge in [-0.1, -0.05) is 30.3 Å². The summed E-state index contributed by atoms with van der Waals surface area (Å²) in [6, 6.07) is 18.1. The number of hydrogen-bond acceptors (Lipinski definition) is 5. The Hall–Kier alpha value is -3.87. The molecule has 0 bridgehead atoms. The smallest absolute Gasteiger partial charge is 0.339 e. The first-order chi connectivity index (χ1) is 16.1. The Balaban J connectivity index is 1.22. The molecule has 33 heavy (non-hydrogen) atoms. The number of rotatable bonds is 4. The third-order valence-corrected chi connectivity index (χ3v) is 6.26. The van der Waals surface area contributed by atoms with Crippen LogP contribution in [0.3, 0.4) is 0 Å². The first-order valence-electron chi connectivity index (χ1n) is 11.1. The second kappa shape index (κ2) is 8.94. The molecule has 0 spiro atoms. The Kier molecular flexibility index (Phi) is 5.69. The highest BCUT2D eigenvalue weighted by atomic mass is 16.5. The van der Waals surface area contributed by atoms with Gasteiger partial charge in [0.25, 0.3) is 11.8 Å². The predicted molar refractivity (Wildman–Crippen MR) is 120 cm³/mol. The number of carbonyl (C=O) groups excluding carboxylic acids is 3. The van der Waals surface area contributed by atoms with E-state index in [9.17, 15) is 14.4 Å². The van der Waals surface area contributed by atoms with Gasteiger partial charge in [0, 0.05) is 31.1 Å². The summed E-state index contributed by atoms with van der Waals surface area (Å²) in [4.78, 5) is 39.5. The number of hydrogen-bond donors (Lipinski definition) is 1. The molecule has 1 atom stereocenters. The first-order valence-corrected chi connectivity index (χ1v) is 11.1. The number of nitrogens with zero attached hydrogens (tertiary/aromatic N) is 1. The largest absolute Gasteiger partial charge is 0.459 e. The van der Waals surface area contributed by atoms with Gasteiger partial charge in [0.15, 0.2) is 5.76 Å². The number of amides is 2. The number of ether oxygens (including phenoxy) is 1. The molecule has 1 aromatic heterocycles. The zero-order valence-corrected chi connectivity index (χ0v) is 18.0. The first kappa shape index (κ1) is 21.0. The van der Waals surface area contributed by atoms with Gasteiger partial charge < -0.3 is 19.4 Å². The standard InChI is InChI=1S/C26H24N2O5/c29-24(27-20-10-12-28(13-11-20)25(30)22-7-4-14-32-22)18-8-9-21-19(15-18)16-23(33-26(21)31)17-5-2-1-3-6-17/h1-9,14-15,20,23H,10-13,16H2,(H,27,29). The Morgan fingerprint density at radius 1 is 0.970 bits per heavy atom. The van der Waals surface area contributed by atoms with Gasteiger partial charge in [-0.3, -0.25) is 9.59 Å². The van der Waals surface area contributed by atoms with Crippen molar-refractivity contribution in [2.45, 2.75) is 31.4 Å². The summed E-state index contributed by atoms with van der Waals surface area (Å²) in [5.41, 5.74) is 2.77. The third kappa shape index (κ3) is 4.39. The average Bonchev–Trinajstić information content (AvgIpc) is 3.39. The quantitative estimate of drug-likeness (QED) is 0.619. The molecular weight excluding hydrogens is 420 g/mol. The number of cyclic esters (lactones) is 1. The van der Waals surface area contributed by atoms with Crippen molar-refractivity contribution in [2.75, 3.05) is 13.1 Å². The molecule has 3 heterocycles. The molecule has 1 N–H and O–H groups in total. The van der Waals surface area contributed by atoms with Crippen molar-refractivity contribution in [1.82, 2.24) is 10.2 Å². The lowest BCUT2D eigenvalue weighted by molar-refractivity contribution is 0.0252. The van der Waals surface area contributed by atoms with Gasteiger partial charge in [-0.25, -0.2) is 4.79 Å². The highest BCUT2D eigenvalue weighted by molar-refractivity contribution is 5.98. The van der Waals surface area contributed by atoms with E-state index in [4.69, 9.17) is 9.15 Å². The Bertz CT molecular complexity index is 1160. The van der Waals surface area contributed by atoms with Crippen molar-refractivity contribution < 1.29 is 23.5 Å². The number of carbonyl (C=O) groups is 3. The summed E-state index contributed by atoms with van der Waals surface area (Å²) >= 11 is 0. The maximum absolute atomic E-state index is 12.9. The van der Waals surface area contributed by atoms with Gasteiger partial charge in [-0.15, -0.1) is 0 Å². The Labute approximate surface area is 191 Å². The zero-order chi connectivity index (χ0) is 22.8. The molecule has 7 heteroatoms. The molecule has 7 nitrogen and oxygen atoms in total. The normalized spacial score (nSPS) is 18.4. The number of nitrogens with one attached hydrogen (secondary N) is 1. The molecule has 0 radical (unpaired) electrons. The van der Waals surface area contributed by atoms with E-state index in [1.54, 1.807) is 35.2 Å². The van der Waals surface area contributed by atoms with E-state index in [1.807, 2.05) is 30.3 Å². The number of likely N-dealkylation sites (tertiary alicyclic amines) is 1. The highest BCUT2D eigenvalue weighted by Gasteiger charge is 2.29. The van der Waals surface area contributed by atoms with Crippen LogP contribution >= 0.6 is 0 Å². The van der Waals surface area contributed by atoms with Crippen molar-refractivity contribution in [3.63, 3.8) is 0 Å². The maximum Gasteiger partial charge on any atom is 0.339 e. The van der Waals surface area contributed by atoms with Gasteiger partial charge in [0.2, 0.25) is 0 Å². The molecule has 2 aliphatic heterocycles. The van der Waals surface area contributed by atoms with Crippen LogP contribution in [0.5, 0.6) is 0 Å². The van der Waals surface area contributed by atoms with E-state index >= 15 is 0 Å². The zero-order valence-electron chi connectivity index (χ0n) is 18.0. The fourth-order valence-corrected chi connectivity index (χ4v) is 4.44. The predicted octanol–water partition coefficient (Wildman–Crippen LogP) is 3.77. The molecule has 5 rings (SSSR count). The molecule has 0 saturated carbocycles. The van der Waals surface area contributed by atoms with Crippen LogP contribution in [0, 0.1) is 0 Å². The van der Waals surface area contributed by atoms with Crippen molar-refractivity contribution in [1.29, 1.82) is 0 Å². The number of furan rings is 1. The third-order valence-electron chi connectivity index (χ3n) is 6.26. The molecule has 2 aromatic carbocycles. The van der Waals surface area contributed by atoms with Crippen molar-refractivity contribution in [3.05, 3.63) is 94.9 Å². The second-order valence-corrected chi connectivity index (χ2v) is 8.40. The van der Waals surface area contributed by atoms with Crippen LogP contribution in [-0.4, -0.2) is 41.8 Å². The molecule has 1 unspecified atom stereocenters. The monoisotopic (exact) mass is 444 g/mol. The van der Waals surface area contributed by atoms with Gasteiger partial charge in [0.05, 0.1) is 11.8 Å². The topological polar surface area (TPSA) is 88.8 Å². The fraction of sp³-hybridized carbons (Fsp3) is 0.269. The summed E-state index contributed by atoms with van der Waals surface area (Å²) in [6.07, 6.45) is 3.00. The maximum atomic E-state index is 12.9. The molecule has 2 aliphatic rings. The van der Waals surface area contributed by atoms with Crippen molar-refractivity contribution >= 4 is 17.8 Å². The fourth-order valence-electron chi connectivity index (χ4n) is 4.44. The lowest BCUT2D eigenvalue weighted by Crippen LogP contribution is -2.46. The van der Waals surface area contributed by atoms with E-state index in [2.05, 4.69) is 5.32 Å². The molecule has 3 aromatic rings. The molecule has 0 aliphatic carbocycles. The Morgan fingerprint density at radius 3 is 2.48 bits per heavy atom. The van der Waals surface area contributed by atoms with Crippen LogP contribution in [0.1, 0.15) is 61.3 Å². The molecule has 2 amide bonds. The SMILES string of the molecule is O=C(NC1CCN(C(=O)c2ccco2)CC1)c1ccc2c(c1)CC(c1ccccc1)OC2=O. The number of benzene rings is 2. The number of esters is 1. The van der Waals surface area contributed by atoms with Crippen LogP contribution in [-0.2, 0) is 11.2 Å². The summed E-state index contributed by atoms with van der Waals surface area (Å²) < 4.78 is 10.8. The highest BCUT2D eigenvalue weighted by Crippen LogP contribution is 2.31. The van der Waals surface area contributed by atoms with E-state index in [1.165, 1.54) is 6.26 Å². The summed E-state index contributed by atoms with van der Waals surface area (Å²) in [5, 5.41) is 3.07. The average molecular weight is 444 g/mol. The van der Waals surface area contributed by atoms with Crippen LogP contribution in [0.2, 0.25) is 0 Å². The number of piperidine rings is 1. The minimum absolute atomic E-state index is 0.0174. The summed E-state index contributed by atoms with van der Waals surface area (Å²) in [6.45, 7) is 1.11. The molecule has 1 fully saturated rings. The van der Waals surface area contributed by atoms with Crippen LogP contribution < -0.4 is 5.32 Å².